The summed E-state index contributed by atoms with van der Waals surface area (Å²) in [6, 6.07) is 9.47. The van der Waals surface area contributed by atoms with Crippen LogP contribution in [0.15, 0.2) is 46.5 Å². The maximum atomic E-state index is 12.2. The molecule has 0 amide bonds. The number of guanidine groups is 1. The molecule has 8 heteroatoms. The van der Waals surface area contributed by atoms with E-state index in [0.717, 1.165) is 16.7 Å². The Morgan fingerprint density at radius 1 is 1.39 bits per heavy atom. The highest BCUT2D eigenvalue weighted by Crippen LogP contribution is 2.04. The van der Waals surface area contributed by atoms with Crippen LogP contribution in [0.4, 0.5) is 0 Å². The van der Waals surface area contributed by atoms with E-state index < -0.39 is 10.8 Å². The van der Waals surface area contributed by atoms with Gasteiger partial charge in [-0.2, -0.15) is 5.10 Å². The fourth-order valence-electron chi connectivity index (χ4n) is 2.08. The highest BCUT2D eigenvalue weighted by molar-refractivity contribution is 7.85. The summed E-state index contributed by atoms with van der Waals surface area (Å²) in [5, 5.41) is 7.28. The Kier molecular flexibility index (Phi) is 6.28. The molecular formula is C15H22N6OS. The van der Waals surface area contributed by atoms with Gasteiger partial charge in [-0.3, -0.25) is 13.9 Å². The number of nitrogens with zero attached hydrogens (tertiary/aromatic N) is 5. The molecule has 1 atom stereocenters. The van der Waals surface area contributed by atoms with Crippen molar-refractivity contribution in [2.24, 2.45) is 12.0 Å². The third-order valence-electron chi connectivity index (χ3n) is 3.33. The molecule has 1 N–H and O–H groups in total. The lowest BCUT2D eigenvalue weighted by atomic mass is 10.4. The van der Waals surface area contributed by atoms with Crippen LogP contribution in [-0.4, -0.2) is 56.2 Å². The smallest absolute Gasteiger partial charge is 0.193 e. The summed E-state index contributed by atoms with van der Waals surface area (Å²) in [7, 11) is 4.50. The fourth-order valence-corrected chi connectivity index (χ4v) is 3.06. The quantitative estimate of drug-likeness (QED) is 0.619. The largest absolute Gasteiger partial charge is 0.355 e. The molecule has 0 radical (unpaired) electrons. The molecule has 0 fully saturated rings. The van der Waals surface area contributed by atoms with Crippen molar-refractivity contribution in [3.8, 4) is 0 Å². The molecule has 23 heavy (non-hydrogen) atoms. The van der Waals surface area contributed by atoms with E-state index in [1.165, 1.54) is 6.33 Å². The van der Waals surface area contributed by atoms with Crippen LogP contribution in [0, 0.1) is 0 Å². The topological polar surface area (TPSA) is 75.4 Å². The second-order valence-corrected chi connectivity index (χ2v) is 6.56. The van der Waals surface area contributed by atoms with Crippen LogP contribution in [0.25, 0.3) is 0 Å². The maximum absolute atomic E-state index is 12.2. The number of hydrogen-bond acceptors (Lipinski definition) is 4. The summed E-state index contributed by atoms with van der Waals surface area (Å²) in [6.07, 6.45) is 1.53. The fraction of sp³-hybridized carbons (Fsp3) is 0.400. The van der Waals surface area contributed by atoms with Gasteiger partial charge in [0.2, 0.25) is 0 Å². The Morgan fingerprint density at radius 3 is 2.74 bits per heavy atom. The molecule has 1 aromatic heterocycles. The van der Waals surface area contributed by atoms with Crippen LogP contribution in [-0.2, 0) is 24.4 Å². The van der Waals surface area contributed by atoms with Crippen molar-refractivity contribution in [2.45, 2.75) is 11.4 Å². The van der Waals surface area contributed by atoms with Crippen LogP contribution in [0.3, 0.4) is 0 Å². The Balaban J connectivity index is 1.83. The zero-order chi connectivity index (χ0) is 16.7. The standard InChI is InChI=1S/C15H22N6OS/c1-16-15(20(2)11-14-18-12-19-21(14)3)17-9-10-23(22)13-7-5-4-6-8-13/h4-8,12H,9-11H2,1-3H3,(H,16,17). The molecule has 2 rings (SSSR count). The summed E-state index contributed by atoms with van der Waals surface area (Å²) < 4.78 is 13.9. The second kappa shape index (κ2) is 8.42. The number of aromatic nitrogens is 3. The van der Waals surface area contributed by atoms with Crippen molar-refractivity contribution in [3.05, 3.63) is 42.5 Å². The van der Waals surface area contributed by atoms with Gasteiger partial charge in [-0.05, 0) is 12.1 Å². The molecule has 1 aromatic carbocycles. The predicted octanol–water partition coefficient (Wildman–Crippen LogP) is 0.630. The highest BCUT2D eigenvalue weighted by Gasteiger charge is 2.10. The lowest BCUT2D eigenvalue weighted by Crippen LogP contribution is -2.40. The predicted molar refractivity (Wildman–Crippen MR) is 91.5 cm³/mol. The first-order valence-electron chi connectivity index (χ1n) is 7.30. The summed E-state index contributed by atoms with van der Waals surface area (Å²) in [6.45, 7) is 1.18. The van der Waals surface area contributed by atoms with E-state index in [2.05, 4.69) is 20.4 Å². The molecule has 2 aromatic rings. The van der Waals surface area contributed by atoms with E-state index in [1.807, 2.05) is 49.3 Å². The molecule has 0 aliphatic rings. The highest BCUT2D eigenvalue weighted by atomic mass is 32.2. The van der Waals surface area contributed by atoms with Gasteiger partial charge in [-0.25, -0.2) is 4.98 Å². The molecule has 7 nitrogen and oxygen atoms in total. The number of rotatable bonds is 6. The first-order valence-corrected chi connectivity index (χ1v) is 8.61. The number of hydrogen-bond donors (Lipinski definition) is 1. The molecular weight excluding hydrogens is 312 g/mol. The summed E-state index contributed by atoms with van der Waals surface area (Å²) in [5.41, 5.74) is 0. The van der Waals surface area contributed by atoms with E-state index >= 15 is 0 Å². The Labute approximate surface area is 138 Å². The van der Waals surface area contributed by atoms with Gasteiger partial charge in [0, 0.05) is 38.3 Å². The number of benzene rings is 1. The van der Waals surface area contributed by atoms with Gasteiger partial charge in [0.25, 0.3) is 0 Å². The van der Waals surface area contributed by atoms with Gasteiger partial charge in [0.1, 0.15) is 12.2 Å². The summed E-state index contributed by atoms with van der Waals surface area (Å²) >= 11 is 0. The molecule has 0 bridgehead atoms. The molecule has 0 saturated carbocycles. The van der Waals surface area contributed by atoms with Gasteiger partial charge in [0.15, 0.2) is 5.96 Å². The first-order chi connectivity index (χ1) is 11.1. The van der Waals surface area contributed by atoms with Gasteiger partial charge in [0.05, 0.1) is 17.3 Å². The number of aryl methyl sites for hydroxylation is 1. The van der Waals surface area contributed by atoms with Gasteiger partial charge >= 0.3 is 0 Å². The number of nitrogens with one attached hydrogen (secondary N) is 1. The second-order valence-electron chi connectivity index (χ2n) is 4.99. The molecule has 1 heterocycles. The minimum absolute atomic E-state index is 0.529. The zero-order valence-corrected chi connectivity index (χ0v) is 14.5. The van der Waals surface area contributed by atoms with Crippen LogP contribution in [0.5, 0.6) is 0 Å². The average molecular weight is 334 g/mol. The molecule has 0 saturated heterocycles. The van der Waals surface area contributed by atoms with Crippen molar-refractivity contribution in [3.63, 3.8) is 0 Å². The van der Waals surface area contributed by atoms with E-state index in [4.69, 9.17) is 0 Å². The van der Waals surface area contributed by atoms with Crippen LogP contribution in [0.1, 0.15) is 5.82 Å². The Bertz CT molecular complexity index is 670. The third-order valence-corrected chi connectivity index (χ3v) is 4.71. The van der Waals surface area contributed by atoms with Crippen molar-refractivity contribution in [1.29, 1.82) is 0 Å². The SMILES string of the molecule is CN=C(NCCS(=O)c1ccccc1)N(C)Cc1ncnn1C. The minimum Gasteiger partial charge on any atom is -0.355 e. The maximum Gasteiger partial charge on any atom is 0.193 e. The van der Waals surface area contributed by atoms with E-state index in [0.29, 0.717) is 18.8 Å². The Morgan fingerprint density at radius 2 is 2.13 bits per heavy atom. The van der Waals surface area contributed by atoms with Crippen molar-refractivity contribution in [2.75, 3.05) is 26.4 Å². The Hall–Kier alpha value is -2.22. The molecule has 0 spiro atoms. The first kappa shape index (κ1) is 17.1. The van der Waals surface area contributed by atoms with Crippen LogP contribution in [0.2, 0.25) is 0 Å². The molecule has 0 aliphatic carbocycles. The van der Waals surface area contributed by atoms with E-state index in [9.17, 15) is 4.21 Å². The normalized spacial score (nSPS) is 12.9. The van der Waals surface area contributed by atoms with Crippen molar-refractivity contribution < 1.29 is 4.21 Å². The summed E-state index contributed by atoms with van der Waals surface area (Å²) in [5.74, 6) is 2.11. The van der Waals surface area contributed by atoms with Gasteiger partial charge in [-0.1, -0.05) is 18.2 Å². The zero-order valence-electron chi connectivity index (χ0n) is 13.6. The van der Waals surface area contributed by atoms with E-state index in [-0.39, 0.29) is 0 Å². The summed E-state index contributed by atoms with van der Waals surface area (Å²) in [4.78, 5) is 11.2. The van der Waals surface area contributed by atoms with Crippen LogP contribution < -0.4 is 5.32 Å². The average Bonchev–Trinajstić information content (AvgIpc) is 2.97. The van der Waals surface area contributed by atoms with E-state index in [1.54, 1.807) is 11.7 Å². The van der Waals surface area contributed by atoms with Crippen molar-refractivity contribution >= 4 is 16.8 Å². The minimum atomic E-state index is -1.01. The van der Waals surface area contributed by atoms with Gasteiger partial charge in [-0.15, -0.1) is 0 Å². The molecule has 1 unspecified atom stereocenters. The van der Waals surface area contributed by atoms with Crippen molar-refractivity contribution in [1.82, 2.24) is 25.0 Å². The molecule has 124 valence electrons. The monoisotopic (exact) mass is 334 g/mol. The number of aliphatic imine (C=N–C) groups is 1. The lowest BCUT2D eigenvalue weighted by molar-refractivity contribution is 0.450. The molecule has 0 aliphatic heterocycles. The third kappa shape index (κ3) is 4.88. The van der Waals surface area contributed by atoms with Gasteiger partial charge < -0.3 is 10.2 Å². The van der Waals surface area contributed by atoms with Crippen LogP contribution >= 0.6 is 0 Å². The lowest BCUT2D eigenvalue weighted by Gasteiger charge is -2.21.